The van der Waals surface area contributed by atoms with Gasteiger partial charge < -0.3 is 9.47 Å². The maximum atomic E-state index is 12.8. The summed E-state index contributed by atoms with van der Waals surface area (Å²) < 4.78 is 10.6. The number of imide groups is 1. The van der Waals surface area contributed by atoms with Gasteiger partial charge in [0.05, 0.1) is 18.9 Å². The fourth-order valence-corrected chi connectivity index (χ4v) is 3.15. The number of ether oxygens (including phenoxy) is 2. The smallest absolute Gasteiger partial charge is 0.355 e. The van der Waals surface area contributed by atoms with Gasteiger partial charge in [0.25, 0.3) is 5.91 Å². The van der Waals surface area contributed by atoms with Gasteiger partial charge in [-0.15, -0.1) is 0 Å². The first-order valence-electron chi connectivity index (χ1n) is 9.19. The van der Waals surface area contributed by atoms with Crippen LogP contribution in [0.15, 0.2) is 29.4 Å². The topological polar surface area (TPSA) is 97.3 Å². The molecule has 2 atom stereocenters. The third-order valence-corrected chi connectivity index (χ3v) is 4.52. The molecule has 8 heteroatoms. The quantitative estimate of drug-likeness (QED) is 0.423. The average molecular weight is 373 g/mol. The lowest BCUT2D eigenvalue weighted by Crippen LogP contribution is -2.36. The second-order valence-electron chi connectivity index (χ2n) is 6.36. The highest BCUT2D eigenvalue weighted by Gasteiger charge is 2.55. The van der Waals surface area contributed by atoms with E-state index in [4.69, 9.17) is 9.47 Å². The Labute approximate surface area is 157 Å². The third kappa shape index (κ3) is 3.65. The average Bonchev–Trinajstić information content (AvgIpc) is 3.20. The van der Waals surface area contributed by atoms with Gasteiger partial charge in [0.15, 0.2) is 5.71 Å². The van der Waals surface area contributed by atoms with Crippen molar-refractivity contribution >= 4 is 29.2 Å². The van der Waals surface area contributed by atoms with Gasteiger partial charge in [0.2, 0.25) is 5.91 Å². The number of benzene rings is 1. The van der Waals surface area contributed by atoms with E-state index in [1.54, 1.807) is 31.2 Å². The number of hydrazone groups is 1. The van der Waals surface area contributed by atoms with Gasteiger partial charge in [-0.25, -0.2) is 9.69 Å². The van der Waals surface area contributed by atoms with E-state index in [9.17, 15) is 14.4 Å². The Hall–Kier alpha value is -2.90. The Morgan fingerprint density at radius 1 is 1.15 bits per heavy atom. The molecule has 0 saturated carbocycles. The van der Waals surface area contributed by atoms with E-state index in [0.29, 0.717) is 18.0 Å². The van der Waals surface area contributed by atoms with E-state index in [1.807, 2.05) is 0 Å². The number of unbranched alkanes of at least 4 members (excludes halogenated alkanes) is 2. The predicted molar refractivity (Wildman–Crippen MR) is 98.4 cm³/mol. The minimum absolute atomic E-state index is 0.0569. The highest BCUT2D eigenvalue weighted by Crippen LogP contribution is 2.31. The summed E-state index contributed by atoms with van der Waals surface area (Å²) in [7, 11) is 0. The third-order valence-electron chi connectivity index (χ3n) is 4.52. The number of esters is 1. The van der Waals surface area contributed by atoms with Crippen LogP contribution < -0.4 is 15.1 Å². The molecular formula is C19H23N3O5. The maximum Gasteiger partial charge on any atom is 0.355 e. The summed E-state index contributed by atoms with van der Waals surface area (Å²) in [5, 5.41) is 3.83. The molecule has 1 fully saturated rings. The number of hydrogen-bond acceptors (Lipinski definition) is 7. The minimum Gasteiger partial charge on any atom is -0.494 e. The molecule has 0 radical (unpaired) electrons. The molecule has 0 spiro atoms. The first-order chi connectivity index (χ1) is 13.1. The molecule has 1 N–H and O–H groups in total. The number of hydrogen-bond donors (Lipinski definition) is 1. The van der Waals surface area contributed by atoms with E-state index in [1.165, 1.54) is 0 Å². The molecule has 2 unspecified atom stereocenters. The molecule has 2 amide bonds. The Morgan fingerprint density at radius 2 is 1.89 bits per heavy atom. The SMILES string of the molecule is CCCCCOc1ccc(N2C(=O)C3NN=C(C(=O)OCC)C3C2=O)cc1. The predicted octanol–water partition coefficient (Wildman–Crippen LogP) is 1.64. The van der Waals surface area contributed by atoms with Gasteiger partial charge >= 0.3 is 5.97 Å². The number of carbonyl (C=O) groups excluding carboxylic acids is 3. The van der Waals surface area contributed by atoms with Gasteiger partial charge in [-0.2, -0.15) is 5.10 Å². The van der Waals surface area contributed by atoms with Crippen molar-refractivity contribution in [2.24, 2.45) is 11.0 Å². The Balaban J connectivity index is 1.71. The van der Waals surface area contributed by atoms with Gasteiger partial charge in [-0.3, -0.25) is 15.0 Å². The molecule has 27 heavy (non-hydrogen) atoms. The van der Waals surface area contributed by atoms with Crippen molar-refractivity contribution in [3.05, 3.63) is 24.3 Å². The van der Waals surface area contributed by atoms with Crippen molar-refractivity contribution < 1.29 is 23.9 Å². The van der Waals surface area contributed by atoms with Crippen molar-refractivity contribution in [2.45, 2.75) is 39.2 Å². The fourth-order valence-electron chi connectivity index (χ4n) is 3.15. The molecule has 3 rings (SSSR count). The number of nitrogens with one attached hydrogen (secondary N) is 1. The highest BCUT2D eigenvalue weighted by molar-refractivity contribution is 6.46. The summed E-state index contributed by atoms with van der Waals surface area (Å²) in [4.78, 5) is 38.5. The van der Waals surface area contributed by atoms with Crippen LogP contribution in [0.1, 0.15) is 33.1 Å². The Kier molecular flexibility index (Phi) is 5.73. The van der Waals surface area contributed by atoms with Crippen LogP contribution in [0.25, 0.3) is 0 Å². The molecule has 0 aromatic heterocycles. The van der Waals surface area contributed by atoms with Crippen LogP contribution in [0.2, 0.25) is 0 Å². The van der Waals surface area contributed by atoms with Crippen LogP contribution in [0.4, 0.5) is 5.69 Å². The second kappa shape index (κ2) is 8.20. The molecule has 0 bridgehead atoms. The standard InChI is InChI=1S/C19H23N3O5/c1-3-5-6-11-27-13-9-7-12(8-10-13)22-17(23)14-15(18(22)24)20-21-16(14)19(25)26-4-2/h7-10,14-15,20H,3-6,11H2,1-2H3. The van der Waals surface area contributed by atoms with Crippen LogP contribution >= 0.6 is 0 Å². The Bertz CT molecular complexity index is 759. The van der Waals surface area contributed by atoms with Crippen molar-refractivity contribution in [2.75, 3.05) is 18.1 Å². The fraction of sp³-hybridized carbons (Fsp3) is 0.474. The summed E-state index contributed by atoms with van der Waals surface area (Å²) in [6, 6.07) is 5.90. The molecule has 0 aliphatic carbocycles. The lowest BCUT2D eigenvalue weighted by molar-refractivity contribution is -0.136. The van der Waals surface area contributed by atoms with E-state index >= 15 is 0 Å². The van der Waals surface area contributed by atoms with Gasteiger partial charge in [0, 0.05) is 0 Å². The van der Waals surface area contributed by atoms with E-state index in [-0.39, 0.29) is 12.3 Å². The summed E-state index contributed by atoms with van der Waals surface area (Å²) in [6.07, 6.45) is 3.20. The first-order valence-corrected chi connectivity index (χ1v) is 9.19. The van der Waals surface area contributed by atoms with Gasteiger partial charge in [0.1, 0.15) is 17.7 Å². The van der Waals surface area contributed by atoms with Crippen molar-refractivity contribution in [3.8, 4) is 5.75 Å². The van der Waals surface area contributed by atoms with Crippen molar-refractivity contribution in [3.63, 3.8) is 0 Å². The minimum atomic E-state index is -0.957. The van der Waals surface area contributed by atoms with Gasteiger partial charge in [-0.05, 0) is 37.6 Å². The lowest BCUT2D eigenvalue weighted by atomic mass is 9.99. The molecule has 2 aliphatic rings. The second-order valence-corrected chi connectivity index (χ2v) is 6.36. The number of fused-ring (bicyclic) bond motifs is 1. The molecule has 144 valence electrons. The lowest BCUT2D eigenvalue weighted by Gasteiger charge is -2.16. The van der Waals surface area contributed by atoms with Crippen molar-refractivity contribution in [1.82, 2.24) is 5.43 Å². The summed E-state index contributed by atoms with van der Waals surface area (Å²) >= 11 is 0. The van der Waals surface area contributed by atoms with Crippen molar-refractivity contribution in [1.29, 1.82) is 0 Å². The Morgan fingerprint density at radius 3 is 2.56 bits per heavy atom. The number of carbonyl (C=O) groups is 3. The molecule has 1 aromatic carbocycles. The molecule has 1 aromatic rings. The van der Waals surface area contributed by atoms with Crippen LogP contribution in [-0.4, -0.2) is 42.8 Å². The number of anilines is 1. The summed E-state index contributed by atoms with van der Waals surface area (Å²) in [6.45, 7) is 4.59. The maximum absolute atomic E-state index is 12.8. The zero-order valence-electron chi connectivity index (χ0n) is 15.4. The van der Waals surface area contributed by atoms with E-state index in [0.717, 1.165) is 24.2 Å². The van der Waals surface area contributed by atoms with E-state index < -0.39 is 29.7 Å². The number of rotatable bonds is 8. The highest BCUT2D eigenvalue weighted by atomic mass is 16.5. The molecular weight excluding hydrogens is 350 g/mol. The zero-order chi connectivity index (χ0) is 19.4. The van der Waals surface area contributed by atoms with Gasteiger partial charge in [-0.1, -0.05) is 19.8 Å². The molecule has 1 saturated heterocycles. The number of nitrogens with zero attached hydrogens (tertiary/aromatic N) is 2. The normalized spacial score (nSPS) is 21.0. The first kappa shape index (κ1) is 18.9. The van der Waals surface area contributed by atoms with Crippen LogP contribution in [0, 0.1) is 5.92 Å². The summed E-state index contributed by atoms with van der Waals surface area (Å²) in [5.41, 5.74) is 2.97. The summed E-state index contributed by atoms with van der Waals surface area (Å²) in [5.74, 6) is -1.89. The van der Waals surface area contributed by atoms with Crippen LogP contribution in [0.3, 0.4) is 0 Å². The number of amides is 2. The monoisotopic (exact) mass is 373 g/mol. The molecule has 2 aliphatic heterocycles. The molecule has 8 nitrogen and oxygen atoms in total. The van der Waals surface area contributed by atoms with E-state index in [2.05, 4.69) is 17.5 Å². The molecule has 2 heterocycles. The zero-order valence-corrected chi connectivity index (χ0v) is 15.4. The largest absolute Gasteiger partial charge is 0.494 e. The van der Waals surface area contributed by atoms with Crippen LogP contribution in [-0.2, 0) is 19.1 Å². The van der Waals surface area contributed by atoms with Crippen LogP contribution in [0.5, 0.6) is 5.75 Å².